The van der Waals surface area contributed by atoms with Crippen LogP contribution < -0.4 is 10.2 Å². The van der Waals surface area contributed by atoms with Crippen LogP contribution in [0, 0.1) is 22.0 Å². The molecule has 178 valence electrons. The molecule has 3 rings (SSSR count). The lowest BCUT2D eigenvalue weighted by Gasteiger charge is -2.33. The Morgan fingerprint density at radius 2 is 1.84 bits per heavy atom. The molecule has 0 saturated carbocycles. The number of nitrogens with zero attached hydrogens (tertiary/aromatic N) is 3. The molecule has 1 unspecified atom stereocenters. The minimum atomic E-state index is -4.64. The van der Waals surface area contributed by atoms with Crippen LogP contribution in [0.15, 0.2) is 18.2 Å². The quantitative estimate of drug-likeness (QED) is 0.494. The number of anilines is 1. The monoisotopic (exact) mass is 456 g/mol. The van der Waals surface area contributed by atoms with Crippen LogP contribution >= 0.6 is 0 Å². The zero-order chi connectivity index (χ0) is 23.3. The Kier molecular flexibility index (Phi) is 7.97. The first-order valence-corrected chi connectivity index (χ1v) is 11.3. The molecule has 32 heavy (non-hydrogen) atoms. The molecular weight excluding hydrogens is 425 g/mol. The average molecular weight is 457 g/mol. The zero-order valence-corrected chi connectivity index (χ0v) is 18.4. The lowest BCUT2D eigenvalue weighted by atomic mass is 9.95. The van der Waals surface area contributed by atoms with Crippen molar-refractivity contribution in [2.24, 2.45) is 11.8 Å². The van der Waals surface area contributed by atoms with Gasteiger partial charge in [0.05, 0.1) is 10.5 Å². The number of carbonyl (C=O) groups excluding carboxylic acids is 1. The summed E-state index contributed by atoms with van der Waals surface area (Å²) in [5.74, 6) is 0.144. The molecule has 1 aromatic carbocycles. The third-order valence-electron chi connectivity index (χ3n) is 6.35. The van der Waals surface area contributed by atoms with Crippen molar-refractivity contribution in [2.75, 3.05) is 44.2 Å². The summed E-state index contributed by atoms with van der Waals surface area (Å²) in [4.78, 5) is 27.3. The van der Waals surface area contributed by atoms with E-state index in [1.165, 1.54) is 19.3 Å². The number of nitrogens with one attached hydrogen (secondary N) is 1. The summed E-state index contributed by atoms with van der Waals surface area (Å²) in [6.07, 6.45) is 0.119. The van der Waals surface area contributed by atoms with E-state index in [-0.39, 0.29) is 17.5 Å². The van der Waals surface area contributed by atoms with Crippen LogP contribution in [-0.2, 0) is 11.0 Å². The molecule has 2 heterocycles. The summed E-state index contributed by atoms with van der Waals surface area (Å²) in [5, 5.41) is 14.4. The topological polar surface area (TPSA) is 78.7 Å². The van der Waals surface area contributed by atoms with Gasteiger partial charge >= 0.3 is 6.18 Å². The Morgan fingerprint density at radius 3 is 2.44 bits per heavy atom. The number of hydrogen-bond donors (Lipinski definition) is 1. The van der Waals surface area contributed by atoms with E-state index in [2.05, 4.69) is 17.1 Å². The number of likely N-dealkylation sites (tertiary alicyclic amines) is 1. The van der Waals surface area contributed by atoms with Crippen molar-refractivity contribution in [3.63, 3.8) is 0 Å². The van der Waals surface area contributed by atoms with E-state index in [9.17, 15) is 28.1 Å². The maximum Gasteiger partial charge on any atom is 0.416 e. The molecule has 0 radical (unpaired) electrons. The zero-order valence-electron chi connectivity index (χ0n) is 18.4. The van der Waals surface area contributed by atoms with Gasteiger partial charge < -0.3 is 15.1 Å². The lowest BCUT2D eigenvalue weighted by Crippen LogP contribution is -2.43. The summed E-state index contributed by atoms with van der Waals surface area (Å²) < 4.78 is 38.8. The first kappa shape index (κ1) is 24.3. The summed E-state index contributed by atoms with van der Waals surface area (Å²) in [7, 11) is 0. The fourth-order valence-electron chi connectivity index (χ4n) is 4.56. The van der Waals surface area contributed by atoms with Gasteiger partial charge in [0.15, 0.2) is 0 Å². The first-order chi connectivity index (χ1) is 15.1. The van der Waals surface area contributed by atoms with Gasteiger partial charge in [-0.1, -0.05) is 13.3 Å². The third kappa shape index (κ3) is 6.34. The van der Waals surface area contributed by atoms with Crippen molar-refractivity contribution >= 4 is 17.3 Å². The summed E-state index contributed by atoms with van der Waals surface area (Å²) in [5.41, 5.74) is -1.44. The number of hydrogen-bond acceptors (Lipinski definition) is 5. The molecule has 2 saturated heterocycles. The predicted molar refractivity (Wildman–Crippen MR) is 116 cm³/mol. The van der Waals surface area contributed by atoms with Gasteiger partial charge in [0.2, 0.25) is 5.91 Å². The average Bonchev–Trinajstić information content (AvgIpc) is 2.77. The second-order valence-corrected chi connectivity index (χ2v) is 8.93. The Hall–Kier alpha value is -2.36. The third-order valence-corrected chi connectivity index (χ3v) is 6.35. The number of nitro groups is 1. The van der Waals surface area contributed by atoms with Gasteiger partial charge in [0.1, 0.15) is 5.69 Å². The summed E-state index contributed by atoms with van der Waals surface area (Å²) in [6, 6.07) is 2.60. The van der Waals surface area contributed by atoms with Crippen molar-refractivity contribution in [3.05, 3.63) is 33.9 Å². The van der Waals surface area contributed by atoms with E-state index in [4.69, 9.17) is 0 Å². The molecule has 2 aliphatic heterocycles. The van der Waals surface area contributed by atoms with Crippen LogP contribution in [0.4, 0.5) is 24.5 Å². The van der Waals surface area contributed by atoms with Gasteiger partial charge in [-0.3, -0.25) is 14.9 Å². The molecule has 0 bridgehead atoms. The van der Waals surface area contributed by atoms with E-state index >= 15 is 0 Å². The molecular formula is C22H31F3N4O3. The molecule has 1 atom stereocenters. The number of rotatable bonds is 7. The number of nitro benzene ring substituents is 1. The second-order valence-electron chi connectivity index (χ2n) is 8.93. The van der Waals surface area contributed by atoms with Crippen LogP contribution in [-0.4, -0.2) is 55.0 Å². The van der Waals surface area contributed by atoms with Gasteiger partial charge in [-0.25, -0.2) is 0 Å². The van der Waals surface area contributed by atoms with E-state index in [1.54, 1.807) is 4.90 Å². The molecule has 10 heteroatoms. The number of benzene rings is 1. The Bertz CT molecular complexity index is 804. The standard InChI is InChI=1S/C22H31F3N4O3/c1-16(15-27-9-3-2-4-10-27)14-26-21(30)17-7-11-28(12-8-17)19-6-5-18(22(23,24)25)13-20(19)29(31)32/h5-6,13,16-17H,2-4,7-12,14-15H2,1H3,(H,26,30). The fourth-order valence-corrected chi connectivity index (χ4v) is 4.56. The van der Waals surface area contributed by atoms with Crippen LogP contribution in [0.25, 0.3) is 0 Å². The highest BCUT2D eigenvalue weighted by atomic mass is 19.4. The van der Waals surface area contributed by atoms with Gasteiger partial charge in [-0.15, -0.1) is 0 Å². The van der Waals surface area contributed by atoms with Gasteiger partial charge in [-0.05, 0) is 56.8 Å². The van der Waals surface area contributed by atoms with Crippen LogP contribution in [0.3, 0.4) is 0 Å². The van der Waals surface area contributed by atoms with E-state index in [0.29, 0.717) is 44.5 Å². The molecule has 0 aliphatic carbocycles. The molecule has 2 aliphatic rings. The van der Waals surface area contributed by atoms with E-state index < -0.39 is 22.4 Å². The van der Waals surface area contributed by atoms with Crippen LogP contribution in [0.1, 0.15) is 44.6 Å². The molecule has 1 amide bonds. The van der Waals surface area contributed by atoms with Crippen molar-refractivity contribution < 1.29 is 22.9 Å². The highest BCUT2D eigenvalue weighted by Crippen LogP contribution is 2.37. The lowest BCUT2D eigenvalue weighted by molar-refractivity contribution is -0.384. The molecule has 0 spiro atoms. The number of carbonyl (C=O) groups is 1. The van der Waals surface area contributed by atoms with Crippen molar-refractivity contribution in [1.29, 1.82) is 0 Å². The SMILES string of the molecule is CC(CNC(=O)C1CCN(c2ccc(C(F)(F)F)cc2[N+](=O)[O-])CC1)CN1CCCCC1. The van der Waals surface area contributed by atoms with E-state index in [1.807, 2.05) is 0 Å². The van der Waals surface area contributed by atoms with E-state index in [0.717, 1.165) is 31.8 Å². The number of alkyl halides is 3. The molecule has 1 N–H and O–H groups in total. The normalized spacial score (nSPS) is 19.6. The van der Waals surface area contributed by atoms with Gasteiger partial charge in [0.25, 0.3) is 5.69 Å². The maximum absolute atomic E-state index is 12.9. The van der Waals surface area contributed by atoms with Gasteiger partial charge in [-0.2, -0.15) is 13.2 Å². The highest BCUT2D eigenvalue weighted by molar-refractivity contribution is 5.79. The minimum Gasteiger partial charge on any atom is -0.366 e. The number of halogens is 3. The van der Waals surface area contributed by atoms with Crippen molar-refractivity contribution in [3.8, 4) is 0 Å². The number of piperidine rings is 2. The largest absolute Gasteiger partial charge is 0.416 e. The van der Waals surface area contributed by atoms with Crippen LogP contribution in [0.5, 0.6) is 0 Å². The van der Waals surface area contributed by atoms with Crippen LogP contribution in [0.2, 0.25) is 0 Å². The summed E-state index contributed by atoms with van der Waals surface area (Å²) >= 11 is 0. The maximum atomic E-state index is 12.9. The van der Waals surface area contributed by atoms with Crippen molar-refractivity contribution in [2.45, 2.75) is 45.2 Å². The number of amides is 1. The smallest absolute Gasteiger partial charge is 0.366 e. The molecule has 7 nitrogen and oxygen atoms in total. The summed E-state index contributed by atoms with van der Waals surface area (Å²) in [6.45, 7) is 6.71. The Balaban J connectivity index is 1.51. The molecule has 0 aromatic heterocycles. The molecule has 1 aromatic rings. The molecule has 2 fully saturated rings. The van der Waals surface area contributed by atoms with Crippen molar-refractivity contribution in [1.82, 2.24) is 10.2 Å². The predicted octanol–water partition coefficient (Wildman–Crippen LogP) is 4.07. The van der Waals surface area contributed by atoms with Gasteiger partial charge in [0, 0.05) is 38.2 Å². The first-order valence-electron chi connectivity index (χ1n) is 11.3. The Morgan fingerprint density at radius 1 is 1.19 bits per heavy atom. The Labute approximate surface area is 186 Å². The minimum absolute atomic E-state index is 0.0166. The fraction of sp³-hybridized carbons (Fsp3) is 0.682. The second kappa shape index (κ2) is 10.5. The highest BCUT2D eigenvalue weighted by Gasteiger charge is 2.35.